The quantitative estimate of drug-likeness (QED) is 0.771. The minimum absolute atomic E-state index is 0.149. The van der Waals surface area contributed by atoms with Crippen LogP contribution in [0.1, 0.15) is 44.2 Å². The molecule has 1 saturated carbocycles. The second-order valence-corrected chi connectivity index (χ2v) is 7.56. The van der Waals surface area contributed by atoms with Crippen LogP contribution in [-0.2, 0) is 10.0 Å². The largest absolute Gasteiger partial charge is 0.393 e. The Kier molecular flexibility index (Phi) is 5.37. The van der Waals surface area contributed by atoms with E-state index in [4.69, 9.17) is 0 Å². The number of rotatable bonds is 5. The van der Waals surface area contributed by atoms with E-state index < -0.39 is 10.0 Å². The van der Waals surface area contributed by atoms with Crippen LogP contribution in [0.4, 0.5) is 0 Å². The van der Waals surface area contributed by atoms with Crippen LogP contribution < -0.4 is 10.0 Å². The van der Waals surface area contributed by atoms with Crippen molar-refractivity contribution in [2.24, 2.45) is 0 Å². The monoisotopic (exact) mass is 312 g/mol. The number of aliphatic hydroxyl groups excluding tert-OH is 1. The molecule has 0 bridgehead atoms. The zero-order valence-electron chi connectivity index (χ0n) is 12.5. The van der Waals surface area contributed by atoms with Crippen molar-refractivity contribution < 1.29 is 13.5 Å². The third-order valence-corrected chi connectivity index (χ3v) is 5.57. The van der Waals surface area contributed by atoms with E-state index in [-0.39, 0.29) is 17.0 Å². The number of benzene rings is 1. The maximum absolute atomic E-state index is 11.7. The lowest BCUT2D eigenvalue weighted by Gasteiger charge is -2.29. The summed E-state index contributed by atoms with van der Waals surface area (Å²) in [6, 6.07) is 7.54. The molecule has 118 valence electrons. The zero-order chi connectivity index (χ0) is 15.5. The molecule has 1 fully saturated rings. The van der Waals surface area contributed by atoms with Crippen molar-refractivity contribution in [2.45, 2.75) is 55.7 Å². The molecule has 0 amide bonds. The van der Waals surface area contributed by atoms with Crippen LogP contribution in [-0.4, -0.2) is 32.7 Å². The summed E-state index contributed by atoms with van der Waals surface area (Å²) in [5.74, 6) is 0. The van der Waals surface area contributed by atoms with Crippen molar-refractivity contribution >= 4 is 10.0 Å². The highest BCUT2D eigenvalue weighted by Gasteiger charge is 2.21. The summed E-state index contributed by atoms with van der Waals surface area (Å²) < 4.78 is 25.7. The molecule has 1 aliphatic carbocycles. The SMILES string of the molecule is CNS(=O)(=O)c1ccc(C(C)NC2CCC(O)CC2)cc1. The lowest BCUT2D eigenvalue weighted by atomic mass is 9.92. The number of hydrogen-bond acceptors (Lipinski definition) is 4. The first kappa shape index (κ1) is 16.4. The van der Waals surface area contributed by atoms with Crippen molar-refractivity contribution in [3.05, 3.63) is 29.8 Å². The van der Waals surface area contributed by atoms with Crippen molar-refractivity contribution in [2.75, 3.05) is 7.05 Å². The first-order valence-corrected chi connectivity index (χ1v) is 8.88. The van der Waals surface area contributed by atoms with Gasteiger partial charge in [0, 0.05) is 12.1 Å². The van der Waals surface area contributed by atoms with Crippen molar-refractivity contribution in [3.63, 3.8) is 0 Å². The van der Waals surface area contributed by atoms with E-state index in [2.05, 4.69) is 17.0 Å². The van der Waals surface area contributed by atoms with Gasteiger partial charge in [-0.25, -0.2) is 13.1 Å². The summed E-state index contributed by atoms with van der Waals surface area (Å²) in [6.07, 6.45) is 3.52. The molecule has 21 heavy (non-hydrogen) atoms. The van der Waals surface area contributed by atoms with E-state index in [0.29, 0.717) is 6.04 Å². The normalized spacial score (nSPS) is 24.7. The summed E-state index contributed by atoms with van der Waals surface area (Å²) in [7, 11) is -1.96. The predicted molar refractivity (Wildman–Crippen MR) is 82.5 cm³/mol. The second-order valence-electron chi connectivity index (χ2n) is 5.67. The lowest BCUT2D eigenvalue weighted by molar-refractivity contribution is 0.114. The fraction of sp³-hybridized carbons (Fsp3) is 0.600. The maximum Gasteiger partial charge on any atom is 0.240 e. The van der Waals surface area contributed by atoms with E-state index >= 15 is 0 Å². The fourth-order valence-electron chi connectivity index (χ4n) is 2.75. The van der Waals surface area contributed by atoms with E-state index in [1.54, 1.807) is 12.1 Å². The molecule has 0 saturated heterocycles. The molecule has 1 aliphatic rings. The Labute approximate surface area is 126 Å². The first-order valence-electron chi connectivity index (χ1n) is 7.40. The van der Waals surface area contributed by atoms with Gasteiger partial charge in [-0.2, -0.15) is 0 Å². The second kappa shape index (κ2) is 6.87. The van der Waals surface area contributed by atoms with Gasteiger partial charge in [-0.15, -0.1) is 0 Å². The van der Waals surface area contributed by atoms with Gasteiger partial charge in [0.05, 0.1) is 11.0 Å². The van der Waals surface area contributed by atoms with E-state index in [1.165, 1.54) is 7.05 Å². The lowest BCUT2D eigenvalue weighted by Crippen LogP contribution is -2.36. The molecular formula is C15H24N2O3S. The Morgan fingerprint density at radius 2 is 1.71 bits per heavy atom. The number of nitrogens with one attached hydrogen (secondary N) is 2. The van der Waals surface area contributed by atoms with Crippen molar-refractivity contribution in [1.82, 2.24) is 10.0 Å². The molecule has 0 aromatic heterocycles. The Bertz CT molecular complexity index is 549. The summed E-state index contributed by atoms with van der Waals surface area (Å²) in [6.45, 7) is 2.08. The van der Waals surface area contributed by atoms with Crippen molar-refractivity contribution in [1.29, 1.82) is 0 Å². The minimum atomic E-state index is -3.37. The summed E-state index contributed by atoms with van der Waals surface area (Å²) >= 11 is 0. The molecule has 0 spiro atoms. The molecule has 6 heteroatoms. The van der Waals surface area contributed by atoms with Crippen molar-refractivity contribution in [3.8, 4) is 0 Å². The van der Waals surface area contributed by atoms with Gasteiger partial charge in [-0.3, -0.25) is 0 Å². The van der Waals surface area contributed by atoms with Gasteiger partial charge in [0.25, 0.3) is 0 Å². The third kappa shape index (κ3) is 4.26. The van der Waals surface area contributed by atoms with Crippen LogP contribution in [0, 0.1) is 0 Å². The number of aliphatic hydroxyl groups is 1. The highest BCUT2D eigenvalue weighted by atomic mass is 32.2. The minimum Gasteiger partial charge on any atom is -0.393 e. The zero-order valence-corrected chi connectivity index (χ0v) is 13.4. The van der Waals surface area contributed by atoms with Crippen LogP contribution in [0.2, 0.25) is 0 Å². The molecule has 0 radical (unpaired) electrons. The Morgan fingerprint density at radius 1 is 1.14 bits per heavy atom. The fourth-order valence-corrected chi connectivity index (χ4v) is 3.48. The topological polar surface area (TPSA) is 78.4 Å². The van der Waals surface area contributed by atoms with Gasteiger partial charge in [-0.05, 0) is 57.4 Å². The average Bonchev–Trinajstić information content (AvgIpc) is 2.49. The molecule has 1 atom stereocenters. The van der Waals surface area contributed by atoms with E-state index in [9.17, 15) is 13.5 Å². The van der Waals surface area contributed by atoms with Gasteiger partial charge in [0.1, 0.15) is 0 Å². The van der Waals surface area contributed by atoms with Gasteiger partial charge in [0.15, 0.2) is 0 Å². The number of hydrogen-bond donors (Lipinski definition) is 3. The van der Waals surface area contributed by atoms with Gasteiger partial charge < -0.3 is 10.4 Å². The van der Waals surface area contributed by atoms with Crippen LogP contribution >= 0.6 is 0 Å². The predicted octanol–water partition coefficient (Wildman–Crippen LogP) is 1.55. The Balaban J connectivity index is 1.98. The molecule has 0 aliphatic heterocycles. The average molecular weight is 312 g/mol. The maximum atomic E-state index is 11.7. The molecule has 5 nitrogen and oxygen atoms in total. The standard InChI is InChI=1S/C15H24N2O3S/c1-11(17-13-5-7-14(18)8-6-13)12-3-9-15(10-4-12)21(19,20)16-2/h3-4,9-11,13-14,16-18H,5-8H2,1-2H3. The highest BCUT2D eigenvalue weighted by molar-refractivity contribution is 7.89. The van der Waals surface area contributed by atoms with Gasteiger partial charge >= 0.3 is 0 Å². The first-order chi connectivity index (χ1) is 9.92. The molecule has 1 aromatic rings. The van der Waals surface area contributed by atoms with Gasteiger partial charge in [-0.1, -0.05) is 12.1 Å². The molecule has 3 N–H and O–H groups in total. The Hall–Kier alpha value is -0.950. The molecule has 2 rings (SSSR count). The Morgan fingerprint density at radius 3 is 2.24 bits per heavy atom. The van der Waals surface area contributed by atoms with Crippen LogP contribution in [0.5, 0.6) is 0 Å². The van der Waals surface area contributed by atoms with E-state index in [0.717, 1.165) is 31.2 Å². The summed E-state index contributed by atoms with van der Waals surface area (Å²) in [4.78, 5) is 0.279. The highest BCUT2D eigenvalue weighted by Crippen LogP contribution is 2.22. The smallest absolute Gasteiger partial charge is 0.240 e. The third-order valence-electron chi connectivity index (χ3n) is 4.14. The summed E-state index contributed by atoms with van der Waals surface area (Å²) in [5, 5.41) is 13.1. The molecular weight excluding hydrogens is 288 g/mol. The molecule has 1 unspecified atom stereocenters. The van der Waals surface area contributed by atoms with Crippen LogP contribution in [0.3, 0.4) is 0 Å². The summed E-state index contributed by atoms with van der Waals surface area (Å²) in [5.41, 5.74) is 1.07. The van der Waals surface area contributed by atoms with Crippen LogP contribution in [0.15, 0.2) is 29.2 Å². The number of sulfonamides is 1. The van der Waals surface area contributed by atoms with Crippen LogP contribution in [0.25, 0.3) is 0 Å². The van der Waals surface area contributed by atoms with E-state index in [1.807, 2.05) is 12.1 Å². The van der Waals surface area contributed by atoms with Gasteiger partial charge in [0.2, 0.25) is 10.0 Å². The molecule has 0 heterocycles. The molecule has 1 aromatic carbocycles.